The van der Waals surface area contributed by atoms with Gasteiger partial charge in [0.1, 0.15) is 11.4 Å². The first-order chi connectivity index (χ1) is 9.74. The van der Waals surface area contributed by atoms with Gasteiger partial charge in [-0.25, -0.2) is 4.68 Å². The molecule has 20 heavy (non-hydrogen) atoms. The third-order valence-corrected chi connectivity index (χ3v) is 3.51. The van der Waals surface area contributed by atoms with Gasteiger partial charge in [-0.15, -0.1) is 5.10 Å². The summed E-state index contributed by atoms with van der Waals surface area (Å²) in [5, 5.41) is 8.12. The van der Waals surface area contributed by atoms with Crippen LogP contribution in [0.5, 0.6) is 5.75 Å². The molecular weight excluding hydrogens is 254 g/mol. The second-order valence-electron chi connectivity index (χ2n) is 4.60. The van der Waals surface area contributed by atoms with Crippen molar-refractivity contribution in [2.75, 3.05) is 7.11 Å². The van der Waals surface area contributed by atoms with E-state index in [1.807, 2.05) is 24.3 Å². The van der Waals surface area contributed by atoms with Crippen molar-refractivity contribution in [3.8, 4) is 11.4 Å². The monoisotopic (exact) mass is 273 g/mol. The first-order valence-corrected chi connectivity index (χ1v) is 6.80. The molecule has 0 aliphatic carbocycles. The lowest BCUT2D eigenvalue weighted by Gasteiger charge is -2.15. The molecule has 1 aromatic heterocycles. The standard InChI is InChI=1S/C15H19N3O2/c1-4-11(5-2)15-14(10-19)16-17-18(15)12-7-6-8-13(9-12)20-3/h6-11H,4-5H2,1-3H3. The van der Waals surface area contributed by atoms with Crippen LogP contribution in [0.1, 0.15) is 48.8 Å². The van der Waals surface area contributed by atoms with Crippen LogP contribution in [0.25, 0.3) is 5.69 Å². The molecule has 0 bridgehead atoms. The average Bonchev–Trinajstić information content (AvgIpc) is 2.92. The Kier molecular flexibility index (Phi) is 4.50. The van der Waals surface area contributed by atoms with Gasteiger partial charge in [0.15, 0.2) is 6.29 Å². The summed E-state index contributed by atoms with van der Waals surface area (Å²) in [6.45, 7) is 4.21. The molecule has 106 valence electrons. The molecule has 2 aromatic rings. The molecule has 2 rings (SSSR count). The van der Waals surface area contributed by atoms with E-state index in [-0.39, 0.29) is 5.92 Å². The van der Waals surface area contributed by atoms with Crippen LogP contribution in [0.15, 0.2) is 24.3 Å². The van der Waals surface area contributed by atoms with Crippen LogP contribution in [0.4, 0.5) is 0 Å². The maximum absolute atomic E-state index is 11.2. The summed E-state index contributed by atoms with van der Waals surface area (Å²) in [7, 11) is 1.62. The molecule has 0 fully saturated rings. The SMILES string of the molecule is CCC(CC)c1c(C=O)nnn1-c1cccc(OC)c1. The second kappa shape index (κ2) is 6.32. The van der Waals surface area contributed by atoms with E-state index in [1.165, 1.54) is 0 Å². The fourth-order valence-corrected chi connectivity index (χ4v) is 2.38. The van der Waals surface area contributed by atoms with Gasteiger partial charge in [0.2, 0.25) is 0 Å². The highest BCUT2D eigenvalue weighted by Gasteiger charge is 2.20. The van der Waals surface area contributed by atoms with E-state index in [0.717, 1.165) is 36.3 Å². The number of carbonyl (C=O) groups is 1. The quantitative estimate of drug-likeness (QED) is 0.759. The molecule has 0 N–H and O–H groups in total. The zero-order valence-electron chi connectivity index (χ0n) is 12.0. The van der Waals surface area contributed by atoms with Gasteiger partial charge in [-0.2, -0.15) is 0 Å². The highest BCUT2D eigenvalue weighted by atomic mass is 16.5. The van der Waals surface area contributed by atoms with Crippen LogP contribution in [0.2, 0.25) is 0 Å². The molecule has 0 saturated carbocycles. The lowest BCUT2D eigenvalue weighted by molar-refractivity contribution is 0.111. The molecule has 1 heterocycles. The number of ether oxygens (including phenoxy) is 1. The molecule has 1 aromatic carbocycles. The van der Waals surface area contributed by atoms with Crippen LogP contribution in [0.3, 0.4) is 0 Å². The van der Waals surface area contributed by atoms with Crippen LogP contribution in [-0.4, -0.2) is 28.4 Å². The molecular formula is C15H19N3O2. The summed E-state index contributed by atoms with van der Waals surface area (Å²) in [6.07, 6.45) is 2.65. The van der Waals surface area contributed by atoms with Gasteiger partial charge >= 0.3 is 0 Å². The third kappa shape index (κ3) is 2.57. The van der Waals surface area contributed by atoms with E-state index >= 15 is 0 Å². The van der Waals surface area contributed by atoms with E-state index in [9.17, 15) is 4.79 Å². The van der Waals surface area contributed by atoms with Crippen LogP contribution >= 0.6 is 0 Å². The van der Waals surface area contributed by atoms with Crippen molar-refractivity contribution in [3.63, 3.8) is 0 Å². The maximum atomic E-state index is 11.2. The summed E-state index contributed by atoms with van der Waals surface area (Å²) in [5.74, 6) is 1.01. The minimum atomic E-state index is 0.261. The summed E-state index contributed by atoms with van der Waals surface area (Å²) < 4.78 is 6.97. The maximum Gasteiger partial charge on any atom is 0.172 e. The fraction of sp³-hybridized carbons (Fsp3) is 0.400. The first kappa shape index (κ1) is 14.2. The number of aromatic nitrogens is 3. The third-order valence-electron chi connectivity index (χ3n) is 3.51. The average molecular weight is 273 g/mol. The Balaban J connectivity index is 2.55. The van der Waals surface area contributed by atoms with E-state index in [4.69, 9.17) is 4.74 Å². The normalized spacial score (nSPS) is 10.8. The zero-order chi connectivity index (χ0) is 14.5. The van der Waals surface area contributed by atoms with Crippen molar-refractivity contribution in [1.82, 2.24) is 15.0 Å². The van der Waals surface area contributed by atoms with Crippen molar-refractivity contribution >= 4 is 6.29 Å². The predicted octanol–water partition coefficient (Wildman–Crippen LogP) is 2.99. The molecule has 0 spiro atoms. The van der Waals surface area contributed by atoms with Crippen molar-refractivity contribution < 1.29 is 9.53 Å². The molecule has 0 saturated heterocycles. The molecule has 5 heteroatoms. The fourth-order valence-electron chi connectivity index (χ4n) is 2.38. The molecule has 0 atom stereocenters. The number of benzene rings is 1. The second-order valence-corrected chi connectivity index (χ2v) is 4.60. The minimum absolute atomic E-state index is 0.261. The van der Waals surface area contributed by atoms with E-state index < -0.39 is 0 Å². The molecule has 0 radical (unpaired) electrons. The Hall–Kier alpha value is -2.17. The van der Waals surface area contributed by atoms with Crippen LogP contribution in [0, 0.1) is 0 Å². The number of methoxy groups -OCH3 is 1. The van der Waals surface area contributed by atoms with Gasteiger partial charge in [-0.1, -0.05) is 25.1 Å². The molecule has 5 nitrogen and oxygen atoms in total. The Morgan fingerprint density at radius 1 is 1.35 bits per heavy atom. The van der Waals surface area contributed by atoms with Crippen molar-refractivity contribution in [2.45, 2.75) is 32.6 Å². The minimum Gasteiger partial charge on any atom is -0.497 e. The zero-order valence-corrected chi connectivity index (χ0v) is 12.0. The number of nitrogens with zero attached hydrogens (tertiary/aromatic N) is 3. The van der Waals surface area contributed by atoms with E-state index in [1.54, 1.807) is 11.8 Å². The number of rotatable bonds is 6. The Morgan fingerprint density at radius 3 is 2.70 bits per heavy atom. The highest BCUT2D eigenvalue weighted by Crippen LogP contribution is 2.27. The van der Waals surface area contributed by atoms with Crippen LogP contribution < -0.4 is 4.74 Å². The van der Waals surface area contributed by atoms with Gasteiger partial charge in [0.05, 0.1) is 18.5 Å². The number of hydrogen-bond acceptors (Lipinski definition) is 4. The smallest absolute Gasteiger partial charge is 0.172 e. The molecule has 0 aliphatic rings. The molecule has 0 unspecified atom stereocenters. The van der Waals surface area contributed by atoms with Gasteiger partial charge in [-0.05, 0) is 25.0 Å². The number of hydrogen-bond donors (Lipinski definition) is 0. The summed E-state index contributed by atoms with van der Waals surface area (Å²) in [4.78, 5) is 11.2. The molecule has 0 amide bonds. The number of aldehydes is 1. The van der Waals surface area contributed by atoms with Crippen LogP contribution in [-0.2, 0) is 0 Å². The largest absolute Gasteiger partial charge is 0.497 e. The number of carbonyl (C=O) groups excluding carboxylic acids is 1. The van der Waals surface area contributed by atoms with Gasteiger partial charge in [0, 0.05) is 12.0 Å². The lowest BCUT2D eigenvalue weighted by Crippen LogP contribution is -2.08. The Bertz CT molecular complexity index is 589. The van der Waals surface area contributed by atoms with Crippen molar-refractivity contribution in [2.24, 2.45) is 0 Å². The van der Waals surface area contributed by atoms with Gasteiger partial charge in [-0.3, -0.25) is 4.79 Å². The lowest BCUT2D eigenvalue weighted by atomic mass is 9.97. The first-order valence-electron chi connectivity index (χ1n) is 6.80. The van der Waals surface area contributed by atoms with E-state index in [0.29, 0.717) is 5.69 Å². The summed E-state index contributed by atoms with van der Waals surface area (Å²) in [6, 6.07) is 7.58. The Morgan fingerprint density at radius 2 is 2.10 bits per heavy atom. The highest BCUT2D eigenvalue weighted by molar-refractivity contribution is 5.74. The Labute approximate surface area is 118 Å². The summed E-state index contributed by atoms with van der Waals surface area (Å²) in [5.41, 5.74) is 2.15. The van der Waals surface area contributed by atoms with Gasteiger partial charge in [0.25, 0.3) is 0 Å². The summed E-state index contributed by atoms with van der Waals surface area (Å²) >= 11 is 0. The molecule has 0 aliphatic heterocycles. The van der Waals surface area contributed by atoms with Gasteiger partial charge < -0.3 is 4.74 Å². The van der Waals surface area contributed by atoms with E-state index in [2.05, 4.69) is 24.2 Å². The predicted molar refractivity (Wildman–Crippen MR) is 76.6 cm³/mol. The van der Waals surface area contributed by atoms with Crippen molar-refractivity contribution in [1.29, 1.82) is 0 Å². The van der Waals surface area contributed by atoms with Crippen molar-refractivity contribution in [3.05, 3.63) is 35.7 Å². The topological polar surface area (TPSA) is 57.0 Å².